The highest BCUT2D eigenvalue weighted by molar-refractivity contribution is 7.80. The predicted octanol–water partition coefficient (Wildman–Crippen LogP) is 4.63. The fourth-order valence-corrected chi connectivity index (χ4v) is 3.63. The van der Waals surface area contributed by atoms with Gasteiger partial charge >= 0.3 is 0 Å². The smallest absolute Gasteiger partial charge is 0.253 e. The van der Waals surface area contributed by atoms with Crippen LogP contribution in [0.3, 0.4) is 0 Å². The molecular weight excluding hydrogens is 392 g/mol. The minimum absolute atomic E-state index is 0.101. The number of hydrogen-bond donors (Lipinski definition) is 2. The number of nitrogens with zero attached hydrogens (tertiary/aromatic N) is 2. The third-order valence-electron chi connectivity index (χ3n) is 4.93. The highest BCUT2D eigenvalue weighted by Crippen LogP contribution is 2.17. The van der Waals surface area contributed by atoms with Crippen molar-refractivity contribution in [3.8, 4) is 0 Å². The summed E-state index contributed by atoms with van der Waals surface area (Å²) in [5, 5.41) is 4.83. The molecule has 0 bridgehead atoms. The lowest BCUT2D eigenvalue weighted by atomic mass is 10.1. The average molecular weight is 415 g/mol. The maximum Gasteiger partial charge on any atom is 0.253 e. The number of aryl methyl sites for hydroxylation is 1. The molecule has 0 unspecified atom stereocenters. The Bertz CT molecular complexity index is 1220. The Morgan fingerprint density at radius 1 is 1.07 bits per heavy atom. The molecule has 150 valence electrons. The third-order valence-corrected chi connectivity index (χ3v) is 5.29. The first-order valence-corrected chi connectivity index (χ1v) is 10.1. The molecule has 0 aliphatic heterocycles. The van der Waals surface area contributed by atoms with Gasteiger partial charge < -0.3 is 15.2 Å². The van der Waals surface area contributed by atoms with Crippen molar-refractivity contribution >= 4 is 33.9 Å². The zero-order valence-electron chi connectivity index (χ0n) is 16.6. The van der Waals surface area contributed by atoms with Crippen molar-refractivity contribution in [2.75, 3.05) is 5.32 Å². The summed E-state index contributed by atoms with van der Waals surface area (Å²) in [5.74, 6) is 0. The van der Waals surface area contributed by atoms with Crippen LogP contribution in [0.25, 0.3) is 10.9 Å². The Morgan fingerprint density at radius 2 is 1.90 bits per heavy atom. The van der Waals surface area contributed by atoms with Crippen LogP contribution in [0.4, 0.5) is 5.69 Å². The van der Waals surface area contributed by atoms with Crippen molar-refractivity contribution in [1.29, 1.82) is 0 Å². The zero-order chi connectivity index (χ0) is 20.9. The standard InChI is InChI=1S/C24H22N4OS/c1-17-7-5-9-19-13-20(23(29)27-22(17)19)16-28(15-18-8-6-12-25-14-18)24(30)26-21-10-3-2-4-11-21/h2-14H,15-16H2,1H3,(H,26,30)(H,27,29). The summed E-state index contributed by atoms with van der Waals surface area (Å²) in [4.78, 5) is 22.0. The van der Waals surface area contributed by atoms with E-state index in [2.05, 4.69) is 15.3 Å². The number of pyridine rings is 2. The van der Waals surface area contributed by atoms with Crippen LogP contribution in [0.2, 0.25) is 0 Å². The number of benzene rings is 2. The van der Waals surface area contributed by atoms with Crippen LogP contribution in [0, 0.1) is 6.92 Å². The predicted molar refractivity (Wildman–Crippen MR) is 125 cm³/mol. The number of hydrogen-bond acceptors (Lipinski definition) is 3. The molecule has 4 aromatic rings. The van der Waals surface area contributed by atoms with Gasteiger partial charge in [0.25, 0.3) is 5.56 Å². The van der Waals surface area contributed by atoms with E-state index in [1.54, 1.807) is 6.20 Å². The van der Waals surface area contributed by atoms with Gasteiger partial charge in [-0.05, 0) is 59.9 Å². The Morgan fingerprint density at radius 3 is 2.67 bits per heavy atom. The van der Waals surface area contributed by atoms with Gasteiger partial charge in [-0.2, -0.15) is 0 Å². The number of thiocarbonyl (C=S) groups is 1. The molecule has 0 spiro atoms. The van der Waals surface area contributed by atoms with Gasteiger partial charge in [0, 0.05) is 30.2 Å². The summed E-state index contributed by atoms with van der Waals surface area (Å²) in [6.07, 6.45) is 3.55. The Hall–Kier alpha value is -3.51. The molecule has 0 fully saturated rings. The molecule has 0 saturated heterocycles. The lowest BCUT2D eigenvalue weighted by Gasteiger charge is -2.26. The number of nitrogens with one attached hydrogen (secondary N) is 2. The van der Waals surface area contributed by atoms with Crippen LogP contribution in [0.5, 0.6) is 0 Å². The van der Waals surface area contributed by atoms with Gasteiger partial charge in [0.15, 0.2) is 5.11 Å². The molecule has 2 aromatic carbocycles. The molecule has 0 aliphatic carbocycles. The molecule has 30 heavy (non-hydrogen) atoms. The van der Waals surface area contributed by atoms with E-state index >= 15 is 0 Å². The number of aromatic amines is 1. The SMILES string of the molecule is Cc1cccc2cc(CN(Cc3cccnc3)C(=S)Nc3ccccc3)c(=O)[nH]c12. The van der Waals surface area contributed by atoms with Crippen molar-refractivity contribution in [3.63, 3.8) is 0 Å². The fourth-order valence-electron chi connectivity index (χ4n) is 3.39. The summed E-state index contributed by atoms with van der Waals surface area (Å²) in [7, 11) is 0. The molecule has 0 amide bonds. The van der Waals surface area contributed by atoms with E-state index in [0.29, 0.717) is 23.8 Å². The van der Waals surface area contributed by atoms with E-state index in [9.17, 15) is 4.79 Å². The Kier molecular flexibility index (Phi) is 5.86. The van der Waals surface area contributed by atoms with Gasteiger partial charge in [0.1, 0.15) is 0 Å². The fraction of sp³-hybridized carbons (Fsp3) is 0.125. The highest BCUT2D eigenvalue weighted by atomic mass is 32.1. The number of anilines is 1. The molecule has 4 rings (SSSR count). The molecule has 6 heteroatoms. The number of rotatable bonds is 5. The first-order chi connectivity index (χ1) is 14.6. The van der Waals surface area contributed by atoms with Crippen molar-refractivity contribution in [3.05, 3.63) is 106 Å². The molecular formula is C24H22N4OS. The minimum Gasteiger partial charge on any atom is -0.340 e. The van der Waals surface area contributed by atoms with Gasteiger partial charge in [-0.1, -0.05) is 42.5 Å². The summed E-state index contributed by atoms with van der Waals surface area (Å²) >= 11 is 5.70. The van der Waals surface area contributed by atoms with Crippen molar-refractivity contribution < 1.29 is 0 Å². The molecule has 0 saturated carbocycles. The third kappa shape index (κ3) is 4.55. The quantitative estimate of drug-likeness (QED) is 0.466. The van der Waals surface area contributed by atoms with Crippen LogP contribution < -0.4 is 10.9 Å². The van der Waals surface area contributed by atoms with Crippen molar-refractivity contribution in [2.24, 2.45) is 0 Å². The second-order valence-electron chi connectivity index (χ2n) is 7.18. The molecule has 0 radical (unpaired) electrons. The van der Waals surface area contributed by atoms with Crippen molar-refractivity contribution in [2.45, 2.75) is 20.0 Å². The Labute approximate surface area is 180 Å². The van der Waals surface area contributed by atoms with Crippen LogP contribution in [0.15, 0.2) is 83.9 Å². The molecule has 5 nitrogen and oxygen atoms in total. The lowest BCUT2D eigenvalue weighted by Crippen LogP contribution is -2.35. The minimum atomic E-state index is -0.101. The average Bonchev–Trinajstić information content (AvgIpc) is 2.76. The number of H-pyrrole nitrogens is 1. The topological polar surface area (TPSA) is 61.0 Å². The van der Waals surface area contributed by atoms with Crippen LogP contribution in [-0.2, 0) is 13.1 Å². The zero-order valence-corrected chi connectivity index (χ0v) is 17.4. The normalized spacial score (nSPS) is 10.7. The first-order valence-electron chi connectivity index (χ1n) is 9.71. The summed E-state index contributed by atoms with van der Waals surface area (Å²) in [6.45, 7) is 2.91. The van der Waals surface area contributed by atoms with Gasteiger partial charge in [-0.3, -0.25) is 9.78 Å². The lowest BCUT2D eigenvalue weighted by molar-refractivity contribution is 0.410. The highest BCUT2D eigenvalue weighted by Gasteiger charge is 2.15. The van der Waals surface area contributed by atoms with E-state index in [1.165, 1.54) is 0 Å². The molecule has 2 aromatic heterocycles. The van der Waals surface area contributed by atoms with Crippen LogP contribution >= 0.6 is 12.2 Å². The van der Waals surface area contributed by atoms with E-state index in [1.807, 2.05) is 84.8 Å². The second kappa shape index (κ2) is 8.88. The van der Waals surface area contributed by atoms with E-state index in [0.717, 1.165) is 27.7 Å². The molecule has 2 heterocycles. The Balaban J connectivity index is 1.65. The second-order valence-corrected chi connectivity index (χ2v) is 7.56. The summed E-state index contributed by atoms with van der Waals surface area (Å²) < 4.78 is 0. The largest absolute Gasteiger partial charge is 0.340 e. The van der Waals surface area contributed by atoms with Gasteiger partial charge in [-0.25, -0.2) is 0 Å². The van der Waals surface area contributed by atoms with E-state index in [-0.39, 0.29) is 5.56 Å². The van der Waals surface area contributed by atoms with E-state index in [4.69, 9.17) is 12.2 Å². The first kappa shape index (κ1) is 19.8. The van der Waals surface area contributed by atoms with Crippen molar-refractivity contribution in [1.82, 2.24) is 14.9 Å². The van der Waals surface area contributed by atoms with Crippen LogP contribution in [-0.4, -0.2) is 20.0 Å². The number of fused-ring (bicyclic) bond motifs is 1. The molecule has 2 N–H and O–H groups in total. The van der Waals surface area contributed by atoms with Gasteiger partial charge in [-0.15, -0.1) is 0 Å². The maximum atomic E-state index is 12.8. The number of aromatic nitrogens is 2. The summed E-state index contributed by atoms with van der Waals surface area (Å²) in [6, 6.07) is 21.6. The van der Waals surface area contributed by atoms with Gasteiger partial charge in [0.2, 0.25) is 0 Å². The van der Waals surface area contributed by atoms with Gasteiger partial charge in [0.05, 0.1) is 12.1 Å². The summed E-state index contributed by atoms with van der Waals surface area (Å²) in [5.41, 5.74) is 4.40. The molecule has 0 aliphatic rings. The maximum absolute atomic E-state index is 12.8. The number of para-hydroxylation sites is 2. The monoisotopic (exact) mass is 414 g/mol. The van der Waals surface area contributed by atoms with E-state index < -0.39 is 0 Å². The molecule has 0 atom stereocenters. The van der Waals surface area contributed by atoms with Crippen LogP contribution in [0.1, 0.15) is 16.7 Å².